The van der Waals surface area contributed by atoms with E-state index in [9.17, 15) is 4.39 Å². The van der Waals surface area contributed by atoms with Gasteiger partial charge in [0.15, 0.2) is 0 Å². The monoisotopic (exact) mass is 162 g/mol. The molecule has 1 rings (SSSR count). The molecule has 1 aliphatic heterocycles. The van der Waals surface area contributed by atoms with Crippen molar-refractivity contribution >= 4 is 7.85 Å². The van der Waals surface area contributed by atoms with Crippen LogP contribution in [0.1, 0.15) is 0 Å². The van der Waals surface area contributed by atoms with Crippen LogP contribution in [0.25, 0.3) is 0 Å². The molecule has 1 heterocycles. The second kappa shape index (κ2) is 2.71. The number of aliphatic hydroxyl groups is 3. The lowest BCUT2D eigenvalue weighted by atomic mass is 9.93. The first-order valence-electron chi connectivity index (χ1n) is 3.10. The second-order valence-corrected chi connectivity index (χ2v) is 2.46. The average Bonchev–Trinajstić information content (AvgIpc) is 2.17. The molecule has 1 fully saturated rings. The van der Waals surface area contributed by atoms with Crippen molar-refractivity contribution in [3.8, 4) is 0 Å². The maximum atomic E-state index is 13.0. The normalized spacial score (nSPS) is 51.5. The highest BCUT2D eigenvalue weighted by molar-refractivity contribution is 6.11. The zero-order chi connectivity index (χ0) is 8.65. The topological polar surface area (TPSA) is 69.9 Å². The van der Waals surface area contributed by atoms with Gasteiger partial charge in [-0.25, -0.2) is 4.39 Å². The van der Waals surface area contributed by atoms with Gasteiger partial charge in [-0.1, -0.05) is 0 Å². The molecule has 1 saturated heterocycles. The van der Waals surface area contributed by atoms with Crippen LogP contribution < -0.4 is 0 Å². The maximum absolute atomic E-state index is 13.0. The van der Waals surface area contributed by atoms with Crippen LogP contribution in [0.4, 0.5) is 4.39 Å². The fourth-order valence-electron chi connectivity index (χ4n) is 0.931. The number of rotatable bonds is 1. The average molecular weight is 162 g/mol. The molecule has 62 valence electrons. The summed E-state index contributed by atoms with van der Waals surface area (Å²) in [5.74, 6) is -2.63. The molecule has 0 aromatic heterocycles. The molecule has 11 heavy (non-hydrogen) atoms. The minimum absolute atomic E-state index is 1.03. The van der Waals surface area contributed by atoms with Gasteiger partial charge < -0.3 is 20.1 Å². The Balaban J connectivity index is 2.73. The lowest BCUT2D eigenvalue weighted by Crippen LogP contribution is -2.42. The van der Waals surface area contributed by atoms with E-state index in [2.05, 4.69) is 4.74 Å². The van der Waals surface area contributed by atoms with Gasteiger partial charge in [0.25, 0.3) is 5.85 Å². The van der Waals surface area contributed by atoms with E-state index in [0.29, 0.717) is 0 Å². The highest BCUT2D eigenvalue weighted by Gasteiger charge is 2.52. The van der Waals surface area contributed by atoms with E-state index in [1.54, 1.807) is 0 Å². The highest BCUT2D eigenvalue weighted by Crippen LogP contribution is 2.30. The number of alkyl halides is 1. The molecule has 2 radical (unpaired) electrons. The smallest absolute Gasteiger partial charge is 0.260 e. The number of hydrogen-bond acceptors (Lipinski definition) is 4. The van der Waals surface area contributed by atoms with Crippen molar-refractivity contribution < 1.29 is 24.4 Å². The summed E-state index contributed by atoms with van der Waals surface area (Å²) in [5, 5.41) is 26.2. The van der Waals surface area contributed by atoms with E-state index in [1.165, 1.54) is 0 Å². The molecule has 3 N–H and O–H groups in total. The summed E-state index contributed by atoms with van der Waals surface area (Å²) in [6.45, 7) is -1.03. The Morgan fingerprint density at radius 3 is 2.27 bits per heavy atom. The van der Waals surface area contributed by atoms with Gasteiger partial charge in [-0.05, 0) is 0 Å². The van der Waals surface area contributed by atoms with E-state index >= 15 is 0 Å². The molecule has 0 bridgehead atoms. The van der Waals surface area contributed by atoms with E-state index < -0.39 is 30.7 Å². The zero-order valence-corrected chi connectivity index (χ0v) is 5.64. The van der Waals surface area contributed by atoms with E-state index in [0.717, 1.165) is 0 Å². The van der Waals surface area contributed by atoms with Crippen LogP contribution in [0.2, 0.25) is 0 Å². The van der Waals surface area contributed by atoms with Crippen molar-refractivity contribution in [2.24, 2.45) is 0 Å². The third-order valence-electron chi connectivity index (χ3n) is 1.65. The summed E-state index contributed by atoms with van der Waals surface area (Å²) in [6, 6.07) is -1.29. The number of aliphatic hydroxyl groups excluding tert-OH is 3. The van der Waals surface area contributed by atoms with Gasteiger partial charge in [0.05, 0.1) is 0 Å². The predicted octanol–water partition coefficient (Wildman–Crippen LogP) is -2.11. The lowest BCUT2D eigenvalue weighted by molar-refractivity contribution is -0.186. The molecule has 6 heteroatoms. The van der Waals surface area contributed by atoms with Crippen molar-refractivity contribution in [1.82, 2.24) is 0 Å². The first kappa shape index (κ1) is 8.93. The van der Waals surface area contributed by atoms with Crippen LogP contribution in [0.3, 0.4) is 0 Å². The first-order valence-corrected chi connectivity index (χ1v) is 3.10. The minimum Gasteiger partial charge on any atom is -0.390 e. The van der Waals surface area contributed by atoms with Crippen LogP contribution >= 0.6 is 0 Å². The number of hydrogen-bond donors (Lipinski definition) is 3. The van der Waals surface area contributed by atoms with Gasteiger partial charge in [0, 0.05) is 6.00 Å². The Bertz CT molecular complexity index is 157. The minimum atomic E-state index is -2.63. The van der Waals surface area contributed by atoms with Crippen molar-refractivity contribution in [3.05, 3.63) is 0 Å². The maximum Gasteiger partial charge on any atom is 0.260 e. The molecule has 0 aromatic rings. The molecular formula is C5H8BFO4. The molecule has 0 amide bonds. The van der Waals surface area contributed by atoms with Crippen LogP contribution in [-0.4, -0.2) is 53.8 Å². The molecule has 0 aliphatic carbocycles. The third kappa shape index (κ3) is 1.27. The molecule has 2 unspecified atom stereocenters. The molecule has 1 aliphatic rings. The van der Waals surface area contributed by atoms with E-state index in [1.807, 2.05) is 0 Å². The summed E-state index contributed by atoms with van der Waals surface area (Å²) in [5.41, 5.74) is 0. The van der Waals surface area contributed by atoms with Gasteiger partial charge in [0.2, 0.25) is 0 Å². The van der Waals surface area contributed by atoms with Crippen LogP contribution in [-0.2, 0) is 4.74 Å². The van der Waals surface area contributed by atoms with Crippen molar-refractivity contribution in [3.63, 3.8) is 0 Å². The fourth-order valence-corrected chi connectivity index (χ4v) is 0.931. The largest absolute Gasteiger partial charge is 0.390 e. The first-order chi connectivity index (χ1) is 5.01. The van der Waals surface area contributed by atoms with Gasteiger partial charge in [0.1, 0.15) is 26.7 Å². The van der Waals surface area contributed by atoms with Crippen molar-refractivity contribution in [2.75, 3.05) is 6.61 Å². The fraction of sp³-hybridized carbons (Fsp3) is 1.00. The Morgan fingerprint density at radius 2 is 2.09 bits per heavy atom. The van der Waals surface area contributed by atoms with Crippen LogP contribution in [0, 0.1) is 0 Å². The molecule has 0 saturated carbocycles. The summed E-state index contributed by atoms with van der Waals surface area (Å²) in [6.07, 6.45) is -3.28. The Hall–Kier alpha value is -0.165. The Labute approximate surface area is 64.0 Å². The van der Waals surface area contributed by atoms with Crippen molar-refractivity contribution in [1.29, 1.82) is 0 Å². The van der Waals surface area contributed by atoms with E-state index in [4.69, 9.17) is 23.2 Å². The zero-order valence-electron chi connectivity index (χ0n) is 5.64. The highest BCUT2D eigenvalue weighted by atomic mass is 19.2. The predicted molar refractivity (Wildman–Crippen MR) is 33.6 cm³/mol. The van der Waals surface area contributed by atoms with E-state index in [-0.39, 0.29) is 0 Å². The van der Waals surface area contributed by atoms with Gasteiger partial charge in [-0.3, -0.25) is 0 Å². The second-order valence-electron chi connectivity index (χ2n) is 2.46. The summed E-state index contributed by atoms with van der Waals surface area (Å²) in [4.78, 5) is 0. The molecule has 0 spiro atoms. The Morgan fingerprint density at radius 1 is 1.55 bits per heavy atom. The van der Waals surface area contributed by atoms with Gasteiger partial charge in [-0.2, -0.15) is 0 Å². The summed E-state index contributed by atoms with van der Waals surface area (Å²) in [7, 11) is 5.04. The standard InChI is InChI=1S/C5H8BFO4/c6-4-2(9)3(10)5(7,1-8)11-4/h2-4,8-10H,1H2/t2?,3?,4-,5-/m1/s1. The SMILES string of the molecule is [B][C@@H]1O[C@](F)(CO)C(O)C1O. The number of ether oxygens (including phenoxy) is 1. The van der Waals surface area contributed by atoms with Crippen LogP contribution in [0.15, 0.2) is 0 Å². The molecule has 4 atom stereocenters. The summed E-state index contributed by atoms with van der Waals surface area (Å²) < 4.78 is 17.3. The van der Waals surface area contributed by atoms with Gasteiger partial charge >= 0.3 is 0 Å². The third-order valence-corrected chi connectivity index (χ3v) is 1.65. The molecular weight excluding hydrogens is 154 g/mol. The molecule has 4 nitrogen and oxygen atoms in total. The molecule has 0 aromatic carbocycles. The lowest BCUT2D eigenvalue weighted by Gasteiger charge is -2.19. The number of halogens is 1. The van der Waals surface area contributed by atoms with Crippen LogP contribution in [0.5, 0.6) is 0 Å². The summed E-state index contributed by atoms with van der Waals surface area (Å²) >= 11 is 0. The Kier molecular flexibility index (Phi) is 2.20. The van der Waals surface area contributed by atoms with Crippen molar-refractivity contribution in [2.45, 2.75) is 24.1 Å². The van der Waals surface area contributed by atoms with Gasteiger partial charge in [-0.15, -0.1) is 0 Å². The quantitative estimate of drug-likeness (QED) is 0.386.